The van der Waals surface area contributed by atoms with Crippen molar-refractivity contribution >= 4 is 22.6 Å². The molecule has 0 unspecified atom stereocenters. The summed E-state index contributed by atoms with van der Waals surface area (Å²) in [5.41, 5.74) is 4.14. The first kappa shape index (κ1) is 27.6. The zero-order chi connectivity index (χ0) is 28.7. The molecular weight excluding hydrogens is 524 g/mol. The number of halogens is 2. The number of alkyl halides is 1. The van der Waals surface area contributed by atoms with Crippen LogP contribution < -0.4 is 9.64 Å². The third-order valence-electron chi connectivity index (χ3n) is 8.88. The lowest BCUT2D eigenvalue weighted by Gasteiger charge is -2.40. The van der Waals surface area contributed by atoms with E-state index in [1.807, 2.05) is 43.1 Å². The van der Waals surface area contributed by atoms with E-state index in [2.05, 4.69) is 22.5 Å². The van der Waals surface area contributed by atoms with Crippen molar-refractivity contribution in [2.24, 2.45) is 0 Å². The highest BCUT2D eigenvalue weighted by Gasteiger charge is 2.32. The molecule has 216 valence electrons. The number of piperazine rings is 1. The zero-order valence-corrected chi connectivity index (χ0v) is 23.8. The number of amides is 1. The van der Waals surface area contributed by atoms with Gasteiger partial charge in [-0.3, -0.25) is 9.69 Å². The van der Waals surface area contributed by atoms with Crippen LogP contribution in [0, 0.1) is 5.82 Å². The van der Waals surface area contributed by atoms with Crippen LogP contribution in [0.3, 0.4) is 0 Å². The molecular formula is C32H37F2N5O2. The van der Waals surface area contributed by atoms with E-state index in [0.29, 0.717) is 49.4 Å². The summed E-state index contributed by atoms with van der Waals surface area (Å²) in [6, 6.07) is 9.78. The van der Waals surface area contributed by atoms with Gasteiger partial charge in [-0.2, -0.15) is 9.97 Å². The van der Waals surface area contributed by atoms with Crippen molar-refractivity contribution in [1.29, 1.82) is 0 Å². The van der Waals surface area contributed by atoms with Crippen LogP contribution in [0.1, 0.15) is 37.3 Å². The van der Waals surface area contributed by atoms with Crippen molar-refractivity contribution in [2.75, 3.05) is 44.7 Å². The van der Waals surface area contributed by atoms with Gasteiger partial charge < -0.3 is 14.5 Å². The number of likely N-dealkylation sites (tertiary alicyclic amines) is 1. The van der Waals surface area contributed by atoms with Crippen molar-refractivity contribution in [3.8, 4) is 17.1 Å². The number of carbonyl (C=O) groups is 1. The SMILES string of the molecule is C=CC(=O)N1CCN(c2nc(OC[C@@H]3C[C@@H](F)CN3C)nc3c(F)c(-c4cccc5c4CCCC5)ccc23)[C@@H](C)C1. The number of carbonyl (C=O) groups excluding carboxylic acids is 1. The van der Waals surface area contributed by atoms with Crippen LogP contribution in [0.2, 0.25) is 0 Å². The fourth-order valence-electron chi connectivity index (χ4n) is 6.63. The second-order valence-corrected chi connectivity index (χ2v) is 11.6. The van der Waals surface area contributed by atoms with Crippen LogP contribution in [0.5, 0.6) is 6.01 Å². The number of rotatable bonds is 6. The molecule has 0 bridgehead atoms. The van der Waals surface area contributed by atoms with Gasteiger partial charge in [-0.25, -0.2) is 8.78 Å². The quantitative estimate of drug-likeness (QED) is 0.397. The van der Waals surface area contributed by atoms with Gasteiger partial charge in [-0.15, -0.1) is 0 Å². The molecule has 2 aromatic carbocycles. The molecule has 41 heavy (non-hydrogen) atoms. The number of benzene rings is 2. The molecule has 0 N–H and O–H groups in total. The van der Waals surface area contributed by atoms with E-state index in [9.17, 15) is 9.18 Å². The Morgan fingerprint density at radius 2 is 1.95 bits per heavy atom. The van der Waals surface area contributed by atoms with Crippen LogP contribution in [0.15, 0.2) is 43.0 Å². The van der Waals surface area contributed by atoms with Crippen LogP contribution in [0.25, 0.3) is 22.0 Å². The molecule has 2 aliphatic heterocycles. The van der Waals surface area contributed by atoms with Crippen LogP contribution >= 0.6 is 0 Å². The van der Waals surface area contributed by atoms with Gasteiger partial charge in [0.15, 0.2) is 5.82 Å². The van der Waals surface area contributed by atoms with Gasteiger partial charge in [-0.05, 0) is 74.9 Å². The highest BCUT2D eigenvalue weighted by molar-refractivity contribution is 5.94. The Labute approximate surface area is 239 Å². The molecule has 3 aliphatic rings. The smallest absolute Gasteiger partial charge is 0.319 e. The van der Waals surface area contributed by atoms with Gasteiger partial charge in [0.1, 0.15) is 24.1 Å². The molecule has 1 aliphatic carbocycles. The second-order valence-electron chi connectivity index (χ2n) is 11.6. The molecule has 3 atom stereocenters. The lowest BCUT2D eigenvalue weighted by molar-refractivity contribution is -0.126. The summed E-state index contributed by atoms with van der Waals surface area (Å²) in [6.07, 6.45) is 5.00. The Kier molecular flexibility index (Phi) is 7.64. The normalized spacial score (nSPS) is 23.1. The van der Waals surface area contributed by atoms with E-state index in [-0.39, 0.29) is 36.1 Å². The van der Waals surface area contributed by atoms with E-state index in [1.165, 1.54) is 17.2 Å². The molecule has 0 saturated carbocycles. The van der Waals surface area contributed by atoms with Crippen molar-refractivity contribution < 1.29 is 18.3 Å². The molecule has 0 radical (unpaired) electrons. The van der Waals surface area contributed by atoms with E-state index in [0.717, 1.165) is 31.2 Å². The zero-order valence-electron chi connectivity index (χ0n) is 23.8. The molecule has 3 heterocycles. The molecule has 1 amide bonds. The molecule has 7 nitrogen and oxygen atoms in total. The fraction of sp³-hybridized carbons (Fsp3) is 0.469. The molecule has 9 heteroatoms. The summed E-state index contributed by atoms with van der Waals surface area (Å²) in [5.74, 6) is 0.0681. The molecule has 3 aromatic rings. The number of anilines is 1. The topological polar surface area (TPSA) is 61.8 Å². The first-order valence-corrected chi connectivity index (χ1v) is 14.6. The largest absolute Gasteiger partial charge is 0.462 e. The summed E-state index contributed by atoms with van der Waals surface area (Å²) in [5, 5.41) is 0.598. The number of aryl methyl sites for hydroxylation is 1. The van der Waals surface area contributed by atoms with E-state index >= 15 is 4.39 Å². The van der Waals surface area contributed by atoms with Crippen LogP contribution in [0.4, 0.5) is 14.6 Å². The fourth-order valence-corrected chi connectivity index (χ4v) is 6.63. The first-order chi connectivity index (χ1) is 19.8. The van der Waals surface area contributed by atoms with Gasteiger partial charge in [0.2, 0.25) is 5.91 Å². The molecule has 0 spiro atoms. The van der Waals surface area contributed by atoms with Crippen LogP contribution in [-0.2, 0) is 17.6 Å². The minimum absolute atomic E-state index is 0.0734. The second kappa shape index (κ2) is 11.4. The third kappa shape index (κ3) is 5.27. The highest BCUT2D eigenvalue weighted by atomic mass is 19.1. The number of ether oxygens (including phenoxy) is 1. The lowest BCUT2D eigenvalue weighted by atomic mass is 9.85. The summed E-state index contributed by atoms with van der Waals surface area (Å²) in [7, 11) is 1.87. The maximum absolute atomic E-state index is 16.5. The average molecular weight is 562 g/mol. The third-order valence-corrected chi connectivity index (χ3v) is 8.88. The predicted octanol–water partition coefficient (Wildman–Crippen LogP) is 4.96. The monoisotopic (exact) mass is 561 g/mol. The molecule has 1 aromatic heterocycles. The predicted molar refractivity (Wildman–Crippen MR) is 157 cm³/mol. The number of hydrogen-bond donors (Lipinski definition) is 0. The molecule has 2 fully saturated rings. The summed E-state index contributed by atoms with van der Waals surface area (Å²) in [4.78, 5) is 27.4. The van der Waals surface area contributed by atoms with Gasteiger partial charge in [0.25, 0.3) is 0 Å². The number of nitrogens with zero attached hydrogens (tertiary/aromatic N) is 5. The van der Waals surface area contributed by atoms with E-state index in [1.54, 1.807) is 4.90 Å². The van der Waals surface area contributed by atoms with Gasteiger partial charge in [-0.1, -0.05) is 30.8 Å². The standard InChI is InChI=1S/C32H37F2N5O2/c1-4-28(40)38-14-15-39(20(2)17-38)31-27-13-12-26(25-11-7-9-21-8-5-6-10-24(21)25)29(34)30(27)35-32(36-31)41-19-23-16-22(33)18-37(23)3/h4,7,9,11-13,20,22-23H,1,5-6,8,10,14-19H2,2-3H3/t20-,22+,23-/m0/s1. The van der Waals surface area contributed by atoms with Gasteiger partial charge in [0.05, 0.1) is 0 Å². The maximum atomic E-state index is 16.5. The van der Waals surface area contributed by atoms with Crippen molar-refractivity contribution in [3.63, 3.8) is 0 Å². The minimum Gasteiger partial charge on any atom is -0.462 e. The lowest BCUT2D eigenvalue weighted by Crippen LogP contribution is -2.53. The van der Waals surface area contributed by atoms with E-state index < -0.39 is 12.0 Å². The molecule has 2 saturated heterocycles. The number of fused-ring (bicyclic) bond motifs is 2. The van der Waals surface area contributed by atoms with E-state index in [4.69, 9.17) is 9.72 Å². The maximum Gasteiger partial charge on any atom is 0.319 e. The number of hydrogen-bond acceptors (Lipinski definition) is 6. The highest BCUT2D eigenvalue weighted by Crippen LogP contribution is 2.38. The Hall–Kier alpha value is -3.59. The van der Waals surface area contributed by atoms with Crippen molar-refractivity contribution in [2.45, 2.75) is 57.3 Å². The Bertz CT molecular complexity index is 1480. The Morgan fingerprint density at radius 3 is 2.71 bits per heavy atom. The summed E-state index contributed by atoms with van der Waals surface area (Å²) in [6.45, 7) is 7.73. The van der Waals surface area contributed by atoms with Crippen molar-refractivity contribution in [3.05, 3.63) is 59.9 Å². The Morgan fingerprint density at radius 1 is 1.12 bits per heavy atom. The van der Waals surface area contributed by atoms with Gasteiger partial charge in [0, 0.05) is 49.2 Å². The Balaban J connectivity index is 1.41. The summed E-state index contributed by atoms with van der Waals surface area (Å²) < 4.78 is 36.6. The van der Waals surface area contributed by atoms with Crippen LogP contribution in [-0.4, -0.2) is 83.8 Å². The average Bonchev–Trinajstić information content (AvgIpc) is 3.31. The number of likely N-dealkylation sites (N-methyl/N-ethyl adjacent to an activating group) is 1. The minimum atomic E-state index is -0.895. The first-order valence-electron chi connectivity index (χ1n) is 14.6. The van der Waals surface area contributed by atoms with Gasteiger partial charge >= 0.3 is 6.01 Å². The van der Waals surface area contributed by atoms with Crippen molar-refractivity contribution in [1.82, 2.24) is 19.8 Å². The molecule has 6 rings (SSSR count). The number of aromatic nitrogens is 2. The summed E-state index contributed by atoms with van der Waals surface area (Å²) >= 11 is 0.